The van der Waals surface area contributed by atoms with E-state index in [1.807, 2.05) is 32.0 Å². The smallest absolute Gasteiger partial charge is 0.251 e. The molecule has 2 N–H and O–H groups in total. The first-order valence-electron chi connectivity index (χ1n) is 7.82. The molecular formula is C19H22N2O. The van der Waals surface area contributed by atoms with Crippen LogP contribution in [0.3, 0.4) is 0 Å². The van der Waals surface area contributed by atoms with Gasteiger partial charge in [-0.15, -0.1) is 0 Å². The molecule has 1 heterocycles. The summed E-state index contributed by atoms with van der Waals surface area (Å²) in [6.45, 7) is 5.54. The van der Waals surface area contributed by atoms with Gasteiger partial charge >= 0.3 is 0 Å². The Morgan fingerprint density at radius 3 is 2.64 bits per heavy atom. The van der Waals surface area contributed by atoms with Crippen LogP contribution in [-0.4, -0.2) is 19.0 Å². The van der Waals surface area contributed by atoms with E-state index in [0.717, 1.165) is 29.7 Å². The second kappa shape index (κ2) is 6.32. The van der Waals surface area contributed by atoms with Gasteiger partial charge in [0.05, 0.1) is 0 Å². The molecule has 0 saturated heterocycles. The first-order valence-corrected chi connectivity index (χ1v) is 7.82. The number of hydrogen-bond acceptors (Lipinski definition) is 2. The third-order valence-corrected chi connectivity index (χ3v) is 4.39. The number of rotatable bonds is 3. The molecule has 3 nitrogen and oxygen atoms in total. The lowest BCUT2D eigenvalue weighted by atomic mass is 9.94. The molecule has 0 radical (unpaired) electrons. The number of carbonyl (C=O) groups excluding carboxylic acids is 1. The quantitative estimate of drug-likeness (QED) is 0.914. The summed E-state index contributed by atoms with van der Waals surface area (Å²) < 4.78 is 0. The third kappa shape index (κ3) is 2.90. The molecule has 22 heavy (non-hydrogen) atoms. The zero-order valence-corrected chi connectivity index (χ0v) is 13.1. The molecular weight excluding hydrogens is 272 g/mol. The fourth-order valence-corrected chi connectivity index (χ4v) is 3.23. The molecule has 2 aromatic rings. The summed E-state index contributed by atoms with van der Waals surface area (Å²) in [6.07, 6.45) is 1.05. The van der Waals surface area contributed by atoms with Gasteiger partial charge in [-0.3, -0.25) is 4.79 Å². The first kappa shape index (κ1) is 14.8. The summed E-state index contributed by atoms with van der Waals surface area (Å²) in [4.78, 5) is 12.5. The maximum Gasteiger partial charge on any atom is 0.251 e. The highest BCUT2D eigenvalue weighted by Crippen LogP contribution is 2.22. The van der Waals surface area contributed by atoms with Gasteiger partial charge in [-0.05, 0) is 49.1 Å². The maximum atomic E-state index is 12.5. The number of fused-ring (bicyclic) bond motifs is 1. The topological polar surface area (TPSA) is 41.1 Å². The fraction of sp³-hybridized carbons (Fsp3) is 0.316. The predicted octanol–water partition coefficient (Wildman–Crippen LogP) is 2.92. The van der Waals surface area contributed by atoms with Crippen LogP contribution < -0.4 is 10.6 Å². The molecule has 1 amide bonds. The average Bonchev–Trinajstić information content (AvgIpc) is 2.52. The standard InChI is InChI=1S/C19H22N2O/c1-13-6-5-7-14(2)18(13)19(22)21-12-17-16-9-4-3-8-15(16)10-11-20-17/h3-9,17,20H,10-12H2,1-2H3,(H,21,22). The van der Waals surface area contributed by atoms with Gasteiger partial charge in [-0.1, -0.05) is 42.5 Å². The lowest BCUT2D eigenvalue weighted by Gasteiger charge is -2.27. The van der Waals surface area contributed by atoms with E-state index in [0.29, 0.717) is 6.54 Å². The van der Waals surface area contributed by atoms with Crippen LogP contribution in [0.15, 0.2) is 42.5 Å². The summed E-state index contributed by atoms with van der Waals surface area (Å²) in [5.41, 5.74) is 5.53. The average molecular weight is 294 g/mol. The van der Waals surface area contributed by atoms with Gasteiger partial charge in [0.25, 0.3) is 5.91 Å². The molecule has 0 spiro atoms. The van der Waals surface area contributed by atoms with Crippen molar-refractivity contribution in [1.29, 1.82) is 0 Å². The second-order valence-electron chi connectivity index (χ2n) is 5.93. The highest BCUT2D eigenvalue weighted by molar-refractivity contribution is 5.97. The first-order chi connectivity index (χ1) is 10.7. The van der Waals surface area contributed by atoms with Crippen molar-refractivity contribution >= 4 is 5.91 Å². The lowest BCUT2D eigenvalue weighted by Crippen LogP contribution is -2.39. The van der Waals surface area contributed by atoms with Gasteiger partial charge in [0.1, 0.15) is 0 Å². The molecule has 0 aliphatic carbocycles. The van der Waals surface area contributed by atoms with Crippen molar-refractivity contribution in [3.8, 4) is 0 Å². The number of aryl methyl sites for hydroxylation is 2. The van der Waals surface area contributed by atoms with Gasteiger partial charge < -0.3 is 10.6 Å². The summed E-state index contributed by atoms with van der Waals surface area (Å²) in [7, 11) is 0. The Bertz CT molecular complexity index is 673. The van der Waals surface area contributed by atoms with E-state index in [1.165, 1.54) is 11.1 Å². The van der Waals surface area contributed by atoms with E-state index in [2.05, 4.69) is 34.9 Å². The monoisotopic (exact) mass is 294 g/mol. The summed E-state index contributed by atoms with van der Waals surface area (Å²) in [6, 6.07) is 14.6. The normalized spacial score (nSPS) is 16.9. The van der Waals surface area contributed by atoms with Crippen molar-refractivity contribution in [2.45, 2.75) is 26.3 Å². The largest absolute Gasteiger partial charge is 0.350 e. The predicted molar refractivity (Wildman–Crippen MR) is 89.1 cm³/mol. The van der Waals surface area contributed by atoms with Gasteiger partial charge in [0.15, 0.2) is 0 Å². The van der Waals surface area contributed by atoms with Crippen LogP contribution in [0.1, 0.15) is 38.7 Å². The molecule has 114 valence electrons. The Kier molecular flexibility index (Phi) is 4.25. The minimum absolute atomic E-state index is 0.0143. The summed E-state index contributed by atoms with van der Waals surface area (Å²) >= 11 is 0. The van der Waals surface area contributed by atoms with Crippen LogP contribution in [0.25, 0.3) is 0 Å². The lowest BCUT2D eigenvalue weighted by molar-refractivity contribution is 0.0948. The van der Waals surface area contributed by atoms with Crippen LogP contribution >= 0.6 is 0 Å². The van der Waals surface area contributed by atoms with Gasteiger partial charge in [0, 0.05) is 18.2 Å². The molecule has 2 aromatic carbocycles. The molecule has 1 atom stereocenters. The number of hydrogen-bond donors (Lipinski definition) is 2. The minimum atomic E-state index is 0.0143. The number of benzene rings is 2. The van der Waals surface area contributed by atoms with E-state index in [1.54, 1.807) is 0 Å². The van der Waals surface area contributed by atoms with Crippen molar-refractivity contribution in [2.75, 3.05) is 13.1 Å². The molecule has 0 aromatic heterocycles. The van der Waals surface area contributed by atoms with Gasteiger partial charge in [-0.25, -0.2) is 0 Å². The van der Waals surface area contributed by atoms with Gasteiger partial charge in [0.2, 0.25) is 0 Å². The van der Waals surface area contributed by atoms with E-state index < -0.39 is 0 Å². The summed E-state index contributed by atoms with van der Waals surface area (Å²) in [5, 5.41) is 6.59. The maximum absolute atomic E-state index is 12.5. The van der Waals surface area contributed by atoms with E-state index >= 15 is 0 Å². The molecule has 0 bridgehead atoms. The number of nitrogens with one attached hydrogen (secondary N) is 2. The van der Waals surface area contributed by atoms with Crippen LogP contribution in [-0.2, 0) is 6.42 Å². The Labute approximate surface area is 131 Å². The third-order valence-electron chi connectivity index (χ3n) is 4.39. The SMILES string of the molecule is Cc1cccc(C)c1C(=O)NCC1NCCc2ccccc21. The van der Waals surface area contributed by atoms with Crippen molar-refractivity contribution in [1.82, 2.24) is 10.6 Å². The van der Waals surface area contributed by atoms with Gasteiger partial charge in [-0.2, -0.15) is 0 Å². The Morgan fingerprint density at radius 1 is 1.14 bits per heavy atom. The highest BCUT2D eigenvalue weighted by Gasteiger charge is 2.20. The molecule has 1 aliphatic rings. The van der Waals surface area contributed by atoms with Crippen LogP contribution in [0, 0.1) is 13.8 Å². The van der Waals surface area contributed by atoms with E-state index in [-0.39, 0.29) is 11.9 Å². The van der Waals surface area contributed by atoms with E-state index in [4.69, 9.17) is 0 Å². The Morgan fingerprint density at radius 2 is 1.86 bits per heavy atom. The van der Waals surface area contributed by atoms with Crippen LogP contribution in [0.5, 0.6) is 0 Å². The van der Waals surface area contributed by atoms with Crippen LogP contribution in [0.2, 0.25) is 0 Å². The highest BCUT2D eigenvalue weighted by atomic mass is 16.1. The van der Waals surface area contributed by atoms with Crippen molar-refractivity contribution in [3.63, 3.8) is 0 Å². The Hall–Kier alpha value is -2.13. The molecule has 0 saturated carbocycles. The Balaban J connectivity index is 1.72. The fourth-order valence-electron chi connectivity index (χ4n) is 3.23. The molecule has 1 unspecified atom stereocenters. The van der Waals surface area contributed by atoms with Crippen molar-refractivity contribution < 1.29 is 4.79 Å². The molecule has 1 aliphatic heterocycles. The number of amides is 1. The number of carbonyl (C=O) groups is 1. The van der Waals surface area contributed by atoms with E-state index in [9.17, 15) is 4.79 Å². The summed E-state index contributed by atoms with van der Waals surface area (Å²) in [5.74, 6) is 0.0143. The van der Waals surface area contributed by atoms with Crippen molar-refractivity contribution in [2.24, 2.45) is 0 Å². The minimum Gasteiger partial charge on any atom is -0.350 e. The zero-order valence-electron chi connectivity index (χ0n) is 13.1. The zero-order chi connectivity index (χ0) is 15.5. The molecule has 0 fully saturated rings. The second-order valence-corrected chi connectivity index (χ2v) is 5.93. The molecule has 3 rings (SSSR count). The molecule has 3 heteroatoms. The van der Waals surface area contributed by atoms with Crippen LogP contribution in [0.4, 0.5) is 0 Å². The van der Waals surface area contributed by atoms with Crippen molar-refractivity contribution in [3.05, 3.63) is 70.3 Å².